The van der Waals surface area contributed by atoms with Crippen molar-refractivity contribution in [3.8, 4) is 11.5 Å². The molecule has 1 saturated heterocycles. The van der Waals surface area contributed by atoms with E-state index in [4.69, 9.17) is 4.42 Å². The van der Waals surface area contributed by atoms with Crippen LogP contribution in [0.5, 0.6) is 0 Å². The second kappa shape index (κ2) is 8.22. The standard InChI is InChI=1S/C22H20F3N3O2/c23-22(24,25)16-6-4-15(5-7-16)21-27-19(14-30-21)20(29)26-17-8-10-18(11-9-17)28-12-2-1-3-13-28/h4-11,14H,1-3,12-13H2,(H,26,29). The molecule has 2 heterocycles. The first kappa shape index (κ1) is 20.0. The van der Waals surface area contributed by atoms with Crippen molar-refractivity contribution in [2.24, 2.45) is 0 Å². The van der Waals surface area contributed by atoms with Crippen molar-refractivity contribution in [3.05, 3.63) is 66.1 Å². The van der Waals surface area contributed by atoms with Gasteiger partial charge in [-0.1, -0.05) is 0 Å². The molecule has 30 heavy (non-hydrogen) atoms. The first-order valence-electron chi connectivity index (χ1n) is 9.70. The third-order valence-electron chi connectivity index (χ3n) is 5.04. The number of hydrogen-bond donors (Lipinski definition) is 1. The number of hydrogen-bond acceptors (Lipinski definition) is 4. The number of benzene rings is 2. The van der Waals surface area contributed by atoms with Gasteiger partial charge in [-0.05, 0) is 67.8 Å². The molecule has 0 atom stereocenters. The highest BCUT2D eigenvalue weighted by Gasteiger charge is 2.30. The van der Waals surface area contributed by atoms with Gasteiger partial charge in [-0.3, -0.25) is 4.79 Å². The minimum Gasteiger partial charge on any atom is -0.444 e. The molecule has 0 aliphatic carbocycles. The van der Waals surface area contributed by atoms with Crippen LogP contribution in [0.1, 0.15) is 35.3 Å². The number of halogens is 3. The molecule has 5 nitrogen and oxygen atoms in total. The Hall–Kier alpha value is -3.29. The van der Waals surface area contributed by atoms with E-state index >= 15 is 0 Å². The number of piperidine rings is 1. The van der Waals surface area contributed by atoms with Crippen LogP contribution in [0.3, 0.4) is 0 Å². The van der Waals surface area contributed by atoms with Crippen LogP contribution in [0.4, 0.5) is 24.5 Å². The Labute approximate surface area is 171 Å². The summed E-state index contributed by atoms with van der Waals surface area (Å²) in [5.41, 5.74) is 1.39. The Kier molecular flexibility index (Phi) is 5.48. The molecule has 2 aromatic carbocycles. The summed E-state index contributed by atoms with van der Waals surface area (Å²) >= 11 is 0. The Morgan fingerprint density at radius 3 is 2.27 bits per heavy atom. The lowest BCUT2D eigenvalue weighted by Gasteiger charge is -2.28. The quantitative estimate of drug-likeness (QED) is 0.602. The van der Waals surface area contributed by atoms with Gasteiger partial charge >= 0.3 is 6.18 Å². The van der Waals surface area contributed by atoms with Crippen LogP contribution in [-0.2, 0) is 6.18 Å². The monoisotopic (exact) mass is 415 g/mol. The summed E-state index contributed by atoms with van der Waals surface area (Å²) in [7, 11) is 0. The maximum Gasteiger partial charge on any atom is 0.416 e. The van der Waals surface area contributed by atoms with E-state index in [0.717, 1.165) is 30.9 Å². The lowest BCUT2D eigenvalue weighted by molar-refractivity contribution is -0.137. The Bertz CT molecular complexity index is 1010. The Balaban J connectivity index is 1.41. The second-order valence-electron chi connectivity index (χ2n) is 7.16. The molecule has 0 spiro atoms. The van der Waals surface area contributed by atoms with Crippen LogP contribution in [0.15, 0.2) is 59.2 Å². The van der Waals surface area contributed by atoms with Crippen LogP contribution in [-0.4, -0.2) is 24.0 Å². The number of carbonyl (C=O) groups is 1. The average molecular weight is 415 g/mol. The van der Waals surface area contributed by atoms with Gasteiger partial charge in [0.2, 0.25) is 5.89 Å². The highest BCUT2D eigenvalue weighted by Crippen LogP contribution is 2.31. The third kappa shape index (κ3) is 4.48. The smallest absolute Gasteiger partial charge is 0.416 e. The highest BCUT2D eigenvalue weighted by molar-refractivity contribution is 6.03. The van der Waals surface area contributed by atoms with E-state index in [-0.39, 0.29) is 11.6 Å². The molecule has 1 aliphatic rings. The summed E-state index contributed by atoms with van der Waals surface area (Å²) in [5.74, 6) is -0.378. The van der Waals surface area contributed by atoms with Crippen molar-refractivity contribution < 1.29 is 22.4 Å². The number of rotatable bonds is 4. The van der Waals surface area contributed by atoms with E-state index in [2.05, 4.69) is 15.2 Å². The third-order valence-corrected chi connectivity index (χ3v) is 5.04. The second-order valence-corrected chi connectivity index (χ2v) is 7.16. The SMILES string of the molecule is O=C(Nc1ccc(N2CCCCC2)cc1)c1coc(-c2ccc(C(F)(F)F)cc2)n1. The van der Waals surface area contributed by atoms with Crippen molar-refractivity contribution in [2.75, 3.05) is 23.3 Å². The molecule has 1 aromatic heterocycles. The van der Waals surface area contributed by atoms with Crippen molar-refractivity contribution in [1.82, 2.24) is 4.98 Å². The molecule has 1 N–H and O–H groups in total. The molecule has 1 fully saturated rings. The summed E-state index contributed by atoms with van der Waals surface area (Å²) in [6.07, 6.45) is 0.406. The summed E-state index contributed by atoms with van der Waals surface area (Å²) in [4.78, 5) is 18.9. The number of alkyl halides is 3. The van der Waals surface area contributed by atoms with Crippen LogP contribution < -0.4 is 10.2 Å². The van der Waals surface area contributed by atoms with Crippen LogP contribution >= 0.6 is 0 Å². The molecule has 0 saturated carbocycles. The van der Waals surface area contributed by atoms with Crippen molar-refractivity contribution in [2.45, 2.75) is 25.4 Å². The fraction of sp³-hybridized carbons (Fsp3) is 0.273. The van der Waals surface area contributed by atoms with E-state index in [1.807, 2.05) is 24.3 Å². The number of aromatic nitrogens is 1. The maximum absolute atomic E-state index is 12.7. The van der Waals surface area contributed by atoms with E-state index in [9.17, 15) is 18.0 Å². The Morgan fingerprint density at radius 1 is 0.967 bits per heavy atom. The summed E-state index contributed by atoms with van der Waals surface area (Å²) in [6.45, 7) is 2.08. The molecule has 156 valence electrons. The van der Waals surface area contributed by atoms with Gasteiger partial charge in [0.25, 0.3) is 5.91 Å². The topological polar surface area (TPSA) is 58.4 Å². The van der Waals surface area contributed by atoms with E-state index in [1.54, 1.807) is 0 Å². The first-order chi connectivity index (χ1) is 14.4. The first-order valence-corrected chi connectivity index (χ1v) is 9.70. The molecular formula is C22H20F3N3O2. The number of carbonyl (C=O) groups excluding carboxylic acids is 1. The number of anilines is 2. The minimum absolute atomic E-state index is 0.0463. The number of nitrogens with zero attached hydrogens (tertiary/aromatic N) is 2. The number of oxazole rings is 1. The molecule has 1 aliphatic heterocycles. The van der Waals surface area contributed by atoms with Crippen molar-refractivity contribution >= 4 is 17.3 Å². The summed E-state index contributed by atoms with van der Waals surface area (Å²) in [6, 6.07) is 12.0. The number of nitrogens with one attached hydrogen (secondary N) is 1. The Morgan fingerprint density at radius 2 is 1.63 bits per heavy atom. The van der Waals surface area contributed by atoms with E-state index in [0.29, 0.717) is 11.3 Å². The molecule has 0 bridgehead atoms. The van der Waals surface area contributed by atoms with Crippen molar-refractivity contribution in [1.29, 1.82) is 0 Å². The van der Waals surface area contributed by atoms with Gasteiger partial charge in [0.05, 0.1) is 5.56 Å². The predicted molar refractivity (Wildman–Crippen MR) is 107 cm³/mol. The molecule has 0 unspecified atom stereocenters. The lowest BCUT2D eigenvalue weighted by Crippen LogP contribution is -2.29. The maximum atomic E-state index is 12.7. The molecular weight excluding hydrogens is 395 g/mol. The average Bonchev–Trinajstić information content (AvgIpc) is 3.25. The summed E-state index contributed by atoms with van der Waals surface area (Å²) in [5, 5.41) is 2.75. The van der Waals surface area contributed by atoms with Gasteiger partial charge < -0.3 is 14.6 Å². The molecule has 1 amide bonds. The molecule has 8 heteroatoms. The lowest BCUT2D eigenvalue weighted by atomic mass is 10.1. The normalized spacial score (nSPS) is 14.6. The van der Waals surface area contributed by atoms with Gasteiger partial charge in [0.15, 0.2) is 5.69 Å². The van der Waals surface area contributed by atoms with E-state index < -0.39 is 17.6 Å². The van der Waals surface area contributed by atoms with Crippen LogP contribution in [0.25, 0.3) is 11.5 Å². The molecule has 4 rings (SSSR count). The van der Waals surface area contributed by atoms with Gasteiger partial charge in [0.1, 0.15) is 6.26 Å². The number of amides is 1. The molecule has 0 radical (unpaired) electrons. The predicted octanol–water partition coefficient (Wildman–Crippen LogP) is 5.60. The zero-order chi connectivity index (χ0) is 21.1. The molecule has 3 aromatic rings. The zero-order valence-corrected chi connectivity index (χ0v) is 16.1. The highest BCUT2D eigenvalue weighted by atomic mass is 19.4. The minimum atomic E-state index is -4.41. The fourth-order valence-electron chi connectivity index (χ4n) is 3.42. The van der Waals surface area contributed by atoms with Gasteiger partial charge in [-0.15, -0.1) is 0 Å². The zero-order valence-electron chi connectivity index (χ0n) is 16.1. The van der Waals surface area contributed by atoms with Gasteiger partial charge in [0, 0.05) is 30.0 Å². The fourth-order valence-corrected chi connectivity index (χ4v) is 3.42. The van der Waals surface area contributed by atoms with Gasteiger partial charge in [-0.25, -0.2) is 4.98 Å². The largest absolute Gasteiger partial charge is 0.444 e. The van der Waals surface area contributed by atoms with E-state index in [1.165, 1.54) is 37.7 Å². The van der Waals surface area contributed by atoms with Crippen molar-refractivity contribution in [3.63, 3.8) is 0 Å². The summed E-state index contributed by atoms with van der Waals surface area (Å²) < 4.78 is 43.3. The van der Waals surface area contributed by atoms with Gasteiger partial charge in [-0.2, -0.15) is 13.2 Å². The van der Waals surface area contributed by atoms with Crippen LogP contribution in [0, 0.1) is 0 Å². The van der Waals surface area contributed by atoms with Crippen LogP contribution in [0.2, 0.25) is 0 Å².